The van der Waals surface area contributed by atoms with Crippen LogP contribution in [0.3, 0.4) is 0 Å². The van der Waals surface area contributed by atoms with Crippen LogP contribution in [0.1, 0.15) is 19.8 Å². The Hall–Kier alpha value is -0.710. The normalized spacial score (nSPS) is 25.4. The number of hydrogen-bond donors (Lipinski definition) is 1. The lowest BCUT2D eigenvalue weighted by Crippen LogP contribution is -2.38. The standard InChI is InChI=1S/C11H19N3OS/c1-9-6-12-11(16-8-9)13-7-10(15)14-4-2-3-5-14/h9H,2-8H2,1H3,(H,12,13). The van der Waals surface area contributed by atoms with Crippen molar-refractivity contribution in [3.05, 3.63) is 0 Å². The molecule has 5 heteroatoms. The number of rotatable bonds is 2. The fourth-order valence-electron chi connectivity index (χ4n) is 1.89. The van der Waals surface area contributed by atoms with E-state index >= 15 is 0 Å². The summed E-state index contributed by atoms with van der Waals surface area (Å²) in [4.78, 5) is 18.1. The Balaban J connectivity index is 1.72. The van der Waals surface area contributed by atoms with Crippen LogP contribution in [0, 0.1) is 5.92 Å². The van der Waals surface area contributed by atoms with Crippen molar-refractivity contribution in [2.75, 3.05) is 31.9 Å². The van der Waals surface area contributed by atoms with Crippen molar-refractivity contribution in [1.29, 1.82) is 0 Å². The van der Waals surface area contributed by atoms with Gasteiger partial charge >= 0.3 is 0 Å². The summed E-state index contributed by atoms with van der Waals surface area (Å²) in [5, 5.41) is 4.08. The van der Waals surface area contributed by atoms with Crippen molar-refractivity contribution >= 4 is 22.8 Å². The average molecular weight is 241 g/mol. The van der Waals surface area contributed by atoms with Crippen molar-refractivity contribution in [1.82, 2.24) is 10.2 Å². The largest absolute Gasteiger partial charge is 0.356 e. The maximum absolute atomic E-state index is 11.8. The highest BCUT2D eigenvalue weighted by Crippen LogP contribution is 2.15. The second-order valence-electron chi connectivity index (χ2n) is 4.50. The van der Waals surface area contributed by atoms with Crippen molar-refractivity contribution < 1.29 is 4.79 Å². The molecule has 0 bridgehead atoms. The number of hydrogen-bond acceptors (Lipinski definition) is 4. The van der Waals surface area contributed by atoms with Gasteiger partial charge in [0.2, 0.25) is 5.91 Å². The second kappa shape index (κ2) is 5.57. The average Bonchev–Trinajstić information content (AvgIpc) is 2.81. The molecule has 0 aromatic rings. The van der Waals surface area contributed by atoms with E-state index < -0.39 is 0 Å². The topological polar surface area (TPSA) is 44.7 Å². The Kier molecular flexibility index (Phi) is 4.09. The lowest BCUT2D eigenvalue weighted by atomic mass is 10.2. The van der Waals surface area contributed by atoms with Crippen LogP contribution in [-0.2, 0) is 4.79 Å². The molecular formula is C11H19N3OS. The Morgan fingerprint density at radius 1 is 1.56 bits per heavy atom. The van der Waals surface area contributed by atoms with Gasteiger partial charge in [0.05, 0.1) is 6.54 Å². The molecule has 1 amide bonds. The number of carbonyl (C=O) groups excluding carboxylic acids is 1. The molecule has 1 atom stereocenters. The monoisotopic (exact) mass is 241 g/mol. The molecule has 90 valence electrons. The summed E-state index contributed by atoms with van der Waals surface area (Å²) < 4.78 is 0. The van der Waals surface area contributed by atoms with Gasteiger partial charge in [-0.25, -0.2) is 0 Å². The third-order valence-electron chi connectivity index (χ3n) is 2.90. The summed E-state index contributed by atoms with van der Waals surface area (Å²) in [6, 6.07) is 0. The minimum Gasteiger partial charge on any atom is -0.356 e. The zero-order valence-corrected chi connectivity index (χ0v) is 10.6. The summed E-state index contributed by atoms with van der Waals surface area (Å²) in [7, 11) is 0. The van der Waals surface area contributed by atoms with Crippen LogP contribution in [0.4, 0.5) is 0 Å². The molecule has 1 unspecified atom stereocenters. The minimum atomic E-state index is 0.208. The quantitative estimate of drug-likeness (QED) is 0.782. The fraction of sp³-hybridized carbons (Fsp3) is 0.818. The van der Waals surface area contributed by atoms with Gasteiger partial charge in [-0.1, -0.05) is 18.7 Å². The van der Waals surface area contributed by atoms with Crippen molar-refractivity contribution in [3.8, 4) is 0 Å². The van der Waals surface area contributed by atoms with Crippen LogP contribution < -0.4 is 5.32 Å². The van der Waals surface area contributed by atoms with E-state index in [1.165, 1.54) is 0 Å². The Morgan fingerprint density at radius 3 is 2.94 bits per heavy atom. The van der Waals surface area contributed by atoms with Gasteiger partial charge in [0, 0.05) is 25.4 Å². The number of likely N-dealkylation sites (tertiary alicyclic amines) is 1. The Bertz CT molecular complexity index is 287. The first kappa shape index (κ1) is 11.8. The minimum absolute atomic E-state index is 0.208. The molecule has 1 N–H and O–H groups in total. The maximum atomic E-state index is 11.8. The molecule has 2 heterocycles. The summed E-state index contributed by atoms with van der Waals surface area (Å²) in [5.74, 6) is 1.97. The molecule has 0 spiro atoms. The third-order valence-corrected chi connectivity index (χ3v) is 4.18. The fourth-order valence-corrected chi connectivity index (χ4v) is 2.78. The molecule has 4 nitrogen and oxygen atoms in total. The molecule has 1 saturated heterocycles. The first-order chi connectivity index (χ1) is 7.75. The predicted octanol–water partition coefficient (Wildman–Crippen LogP) is 0.937. The number of nitrogens with zero attached hydrogens (tertiary/aromatic N) is 2. The Morgan fingerprint density at radius 2 is 2.31 bits per heavy atom. The lowest BCUT2D eigenvalue weighted by molar-refractivity contribution is -0.128. The summed E-state index contributed by atoms with van der Waals surface area (Å²) in [6.45, 7) is 5.34. The van der Waals surface area contributed by atoms with Crippen LogP contribution >= 0.6 is 11.8 Å². The van der Waals surface area contributed by atoms with Gasteiger partial charge < -0.3 is 10.2 Å². The molecule has 2 aliphatic rings. The van der Waals surface area contributed by atoms with E-state index in [4.69, 9.17) is 0 Å². The number of amidine groups is 1. The molecule has 1 fully saturated rings. The van der Waals surface area contributed by atoms with E-state index in [0.29, 0.717) is 12.5 Å². The molecular weight excluding hydrogens is 222 g/mol. The van der Waals surface area contributed by atoms with Crippen LogP contribution in [0.5, 0.6) is 0 Å². The lowest BCUT2D eigenvalue weighted by Gasteiger charge is -2.19. The molecule has 0 aliphatic carbocycles. The van der Waals surface area contributed by atoms with Gasteiger partial charge in [-0.05, 0) is 18.8 Å². The molecule has 0 radical (unpaired) electrons. The zero-order valence-electron chi connectivity index (χ0n) is 9.74. The molecule has 2 rings (SSSR count). The van der Waals surface area contributed by atoms with Crippen molar-refractivity contribution in [2.24, 2.45) is 10.9 Å². The first-order valence-electron chi connectivity index (χ1n) is 5.94. The van der Waals surface area contributed by atoms with Gasteiger partial charge in [-0.15, -0.1) is 0 Å². The van der Waals surface area contributed by atoms with E-state index in [0.717, 1.165) is 43.4 Å². The predicted molar refractivity (Wildman–Crippen MR) is 67.7 cm³/mol. The van der Waals surface area contributed by atoms with Crippen LogP contribution in [0.2, 0.25) is 0 Å². The molecule has 0 aromatic heterocycles. The summed E-state index contributed by atoms with van der Waals surface area (Å²) in [6.07, 6.45) is 2.30. The van der Waals surface area contributed by atoms with E-state index in [2.05, 4.69) is 17.2 Å². The zero-order chi connectivity index (χ0) is 11.4. The number of aliphatic imine (C=N–C) groups is 1. The van der Waals surface area contributed by atoms with E-state index in [1.54, 1.807) is 11.8 Å². The highest BCUT2D eigenvalue weighted by atomic mass is 32.2. The van der Waals surface area contributed by atoms with Crippen LogP contribution in [-0.4, -0.2) is 47.9 Å². The van der Waals surface area contributed by atoms with Crippen molar-refractivity contribution in [3.63, 3.8) is 0 Å². The van der Waals surface area contributed by atoms with E-state index in [-0.39, 0.29) is 5.91 Å². The number of nitrogens with one attached hydrogen (secondary N) is 1. The first-order valence-corrected chi connectivity index (χ1v) is 6.93. The van der Waals surface area contributed by atoms with Gasteiger partial charge in [-0.3, -0.25) is 9.79 Å². The number of amides is 1. The second-order valence-corrected chi connectivity index (χ2v) is 5.51. The highest BCUT2D eigenvalue weighted by Gasteiger charge is 2.18. The van der Waals surface area contributed by atoms with Crippen LogP contribution in [0.25, 0.3) is 0 Å². The maximum Gasteiger partial charge on any atom is 0.241 e. The smallest absolute Gasteiger partial charge is 0.241 e. The summed E-state index contributed by atoms with van der Waals surface area (Å²) in [5.41, 5.74) is 0. The van der Waals surface area contributed by atoms with Crippen molar-refractivity contribution in [2.45, 2.75) is 19.8 Å². The Labute approximate surface area is 101 Å². The van der Waals surface area contributed by atoms with Gasteiger partial charge in [-0.2, -0.15) is 0 Å². The third kappa shape index (κ3) is 3.14. The van der Waals surface area contributed by atoms with Gasteiger partial charge in [0.15, 0.2) is 5.17 Å². The van der Waals surface area contributed by atoms with Gasteiger partial charge in [0.1, 0.15) is 0 Å². The van der Waals surface area contributed by atoms with E-state index in [9.17, 15) is 4.79 Å². The molecule has 0 saturated carbocycles. The molecule has 16 heavy (non-hydrogen) atoms. The highest BCUT2D eigenvalue weighted by molar-refractivity contribution is 8.13. The number of thioether (sulfide) groups is 1. The summed E-state index contributed by atoms with van der Waals surface area (Å²) >= 11 is 1.72. The van der Waals surface area contributed by atoms with Crippen LogP contribution in [0.15, 0.2) is 4.99 Å². The molecule has 0 aromatic carbocycles. The number of carbonyl (C=O) groups is 1. The molecule has 2 aliphatic heterocycles. The van der Waals surface area contributed by atoms with E-state index in [1.807, 2.05) is 4.90 Å². The SMILES string of the molecule is CC1CN=C(NCC(=O)N2CCCC2)SC1. The van der Waals surface area contributed by atoms with Gasteiger partial charge in [0.25, 0.3) is 0 Å².